The van der Waals surface area contributed by atoms with Crippen molar-refractivity contribution in [2.45, 2.75) is 32.2 Å². The maximum atomic E-state index is 12.9. The summed E-state index contributed by atoms with van der Waals surface area (Å²) in [4.78, 5) is 30.3. The first-order valence-corrected chi connectivity index (χ1v) is 12.3. The fraction of sp³-hybridized carbons (Fsp3) is 0.400. The second-order valence-electron chi connectivity index (χ2n) is 8.87. The Bertz CT molecular complexity index is 1410. The molecule has 2 aromatic carbocycles. The highest BCUT2D eigenvalue weighted by Crippen LogP contribution is 2.33. The number of amides is 1. The molecule has 5 rings (SSSR count). The normalized spacial score (nSPS) is 18.3. The van der Waals surface area contributed by atoms with Crippen LogP contribution in [0, 0.1) is 11.8 Å². The van der Waals surface area contributed by atoms with E-state index in [0.717, 1.165) is 58.4 Å². The molecule has 1 aliphatic carbocycles. The van der Waals surface area contributed by atoms with E-state index in [0.29, 0.717) is 17.6 Å². The molecule has 9 heteroatoms. The number of imidazole rings is 1. The molecule has 0 saturated heterocycles. The molecular formula is C25H28N4O4S. The molecule has 0 aliphatic heterocycles. The first-order valence-electron chi connectivity index (χ1n) is 11.5. The lowest BCUT2D eigenvalue weighted by atomic mass is 9.81. The first-order chi connectivity index (χ1) is 16.5. The Balaban J connectivity index is 1.23. The van der Waals surface area contributed by atoms with Crippen LogP contribution in [-0.4, -0.2) is 34.2 Å². The van der Waals surface area contributed by atoms with Gasteiger partial charge in [0.1, 0.15) is 11.5 Å². The molecular weight excluding hydrogens is 452 g/mol. The molecule has 1 fully saturated rings. The summed E-state index contributed by atoms with van der Waals surface area (Å²) in [6.45, 7) is 0.650. The highest BCUT2D eigenvalue weighted by Gasteiger charge is 2.28. The molecule has 0 radical (unpaired) electrons. The van der Waals surface area contributed by atoms with Crippen LogP contribution in [0.3, 0.4) is 0 Å². The monoisotopic (exact) mass is 480 g/mol. The van der Waals surface area contributed by atoms with Crippen molar-refractivity contribution in [2.24, 2.45) is 18.9 Å². The lowest BCUT2D eigenvalue weighted by Crippen LogP contribution is -2.30. The molecule has 2 heterocycles. The van der Waals surface area contributed by atoms with Crippen molar-refractivity contribution in [3.63, 3.8) is 0 Å². The molecule has 4 aromatic rings. The van der Waals surface area contributed by atoms with Gasteiger partial charge < -0.3 is 14.8 Å². The predicted molar refractivity (Wildman–Crippen MR) is 134 cm³/mol. The zero-order chi connectivity index (χ0) is 23.8. The predicted octanol–water partition coefficient (Wildman–Crippen LogP) is 4.41. The number of nitrogens with zero attached hydrogens (tertiary/aromatic N) is 3. The SMILES string of the molecule is COc1ccc2sc(NC(=O)C3CCC(Cn4c(=O)n(C)c5ccc(OC)cc54)CC3)nc2c1. The lowest BCUT2D eigenvalue weighted by Gasteiger charge is -2.27. The maximum Gasteiger partial charge on any atom is 0.328 e. The summed E-state index contributed by atoms with van der Waals surface area (Å²) in [5, 5.41) is 3.62. The zero-order valence-corrected chi connectivity index (χ0v) is 20.4. The van der Waals surface area contributed by atoms with E-state index in [2.05, 4.69) is 10.3 Å². The van der Waals surface area contributed by atoms with E-state index in [1.54, 1.807) is 25.8 Å². The highest BCUT2D eigenvalue weighted by molar-refractivity contribution is 7.22. The van der Waals surface area contributed by atoms with E-state index in [1.807, 2.05) is 41.0 Å². The second-order valence-corrected chi connectivity index (χ2v) is 9.90. The van der Waals surface area contributed by atoms with Crippen molar-refractivity contribution in [3.8, 4) is 11.5 Å². The Hall–Kier alpha value is -3.33. The number of methoxy groups -OCH3 is 2. The maximum absolute atomic E-state index is 12.9. The Morgan fingerprint density at radius 3 is 2.50 bits per heavy atom. The van der Waals surface area contributed by atoms with Gasteiger partial charge in [-0.1, -0.05) is 11.3 Å². The molecule has 0 bridgehead atoms. The summed E-state index contributed by atoms with van der Waals surface area (Å²) in [5.74, 6) is 1.82. The molecule has 0 unspecified atom stereocenters. The van der Waals surface area contributed by atoms with Gasteiger partial charge in [-0.15, -0.1) is 0 Å². The average molecular weight is 481 g/mol. The molecule has 1 aliphatic rings. The van der Waals surface area contributed by atoms with Gasteiger partial charge in [-0.25, -0.2) is 9.78 Å². The first kappa shape index (κ1) is 22.5. The van der Waals surface area contributed by atoms with Crippen LogP contribution in [0.15, 0.2) is 41.2 Å². The molecule has 178 valence electrons. The molecule has 0 atom stereocenters. The van der Waals surface area contributed by atoms with Gasteiger partial charge in [0.2, 0.25) is 5.91 Å². The molecule has 8 nitrogen and oxygen atoms in total. The van der Waals surface area contributed by atoms with Gasteiger partial charge in [0.25, 0.3) is 0 Å². The van der Waals surface area contributed by atoms with E-state index < -0.39 is 0 Å². The van der Waals surface area contributed by atoms with E-state index >= 15 is 0 Å². The molecule has 34 heavy (non-hydrogen) atoms. The third-order valence-electron chi connectivity index (χ3n) is 6.84. The summed E-state index contributed by atoms with van der Waals surface area (Å²) in [6, 6.07) is 11.4. The van der Waals surface area contributed by atoms with E-state index in [4.69, 9.17) is 9.47 Å². The van der Waals surface area contributed by atoms with Crippen LogP contribution >= 0.6 is 11.3 Å². The van der Waals surface area contributed by atoms with Crippen LogP contribution in [0.1, 0.15) is 25.7 Å². The van der Waals surface area contributed by atoms with Crippen molar-refractivity contribution in [1.82, 2.24) is 14.1 Å². The van der Waals surface area contributed by atoms with Crippen molar-refractivity contribution in [3.05, 3.63) is 46.9 Å². The van der Waals surface area contributed by atoms with Crippen LogP contribution in [0.25, 0.3) is 21.3 Å². The van der Waals surface area contributed by atoms with Crippen LogP contribution in [0.4, 0.5) is 5.13 Å². The van der Waals surface area contributed by atoms with Crippen LogP contribution in [0.5, 0.6) is 11.5 Å². The molecule has 0 spiro atoms. The van der Waals surface area contributed by atoms with Gasteiger partial charge in [0, 0.05) is 31.6 Å². The van der Waals surface area contributed by atoms with E-state index in [-0.39, 0.29) is 17.5 Å². The Morgan fingerprint density at radius 1 is 1.06 bits per heavy atom. The fourth-order valence-corrected chi connectivity index (χ4v) is 5.70. The standard InChI is InChI=1S/C25H28N4O4S/c1-28-20-10-8-18(33-3)13-21(20)29(25(28)31)14-15-4-6-16(7-5-15)23(30)27-24-26-19-12-17(32-2)9-11-22(19)34-24/h8-13,15-16H,4-7,14H2,1-3H3,(H,26,27,30). The number of carbonyl (C=O) groups is 1. The minimum absolute atomic E-state index is 0.0180. The van der Waals surface area contributed by atoms with Gasteiger partial charge in [0.05, 0.1) is 35.5 Å². The number of fused-ring (bicyclic) bond motifs is 2. The fourth-order valence-electron chi connectivity index (χ4n) is 4.85. The Morgan fingerprint density at radius 2 is 1.76 bits per heavy atom. The van der Waals surface area contributed by atoms with Crippen LogP contribution in [-0.2, 0) is 18.4 Å². The van der Waals surface area contributed by atoms with E-state index in [9.17, 15) is 9.59 Å². The number of nitrogens with one attached hydrogen (secondary N) is 1. The number of benzene rings is 2. The zero-order valence-electron chi connectivity index (χ0n) is 19.5. The number of rotatable bonds is 6. The van der Waals surface area contributed by atoms with Crippen LogP contribution in [0.2, 0.25) is 0 Å². The summed E-state index contributed by atoms with van der Waals surface area (Å²) < 4.78 is 15.1. The van der Waals surface area contributed by atoms with Gasteiger partial charge in [-0.05, 0) is 55.9 Å². The van der Waals surface area contributed by atoms with Crippen molar-refractivity contribution >= 4 is 43.6 Å². The number of aryl methyl sites for hydroxylation is 1. The Kier molecular flexibility index (Phi) is 6.03. The quantitative estimate of drug-likeness (QED) is 0.442. The summed E-state index contributed by atoms with van der Waals surface area (Å²) >= 11 is 1.47. The minimum atomic E-state index is -0.0397. The molecule has 1 saturated carbocycles. The molecule has 1 amide bonds. The third kappa shape index (κ3) is 4.16. The van der Waals surface area contributed by atoms with E-state index in [1.165, 1.54) is 11.3 Å². The average Bonchev–Trinajstić information content (AvgIpc) is 3.37. The number of ether oxygens (including phenoxy) is 2. The Labute approximate surface area is 201 Å². The molecule has 2 aromatic heterocycles. The summed E-state index contributed by atoms with van der Waals surface area (Å²) in [6.07, 6.45) is 3.42. The van der Waals surface area contributed by atoms with Gasteiger partial charge in [0.15, 0.2) is 5.13 Å². The largest absolute Gasteiger partial charge is 0.497 e. The summed E-state index contributed by atoms with van der Waals surface area (Å²) in [7, 11) is 5.05. The number of aromatic nitrogens is 3. The van der Waals surface area contributed by atoms with Crippen molar-refractivity contribution < 1.29 is 14.3 Å². The topological polar surface area (TPSA) is 87.4 Å². The number of thiazole rings is 1. The van der Waals surface area contributed by atoms with Crippen molar-refractivity contribution in [2.75, 3.05) is 19.5 Å². The van der Waals surface area contributed by atoms with Crippen LogP contribution < -0.4 is 20.5 Å². The number of hydrogen-bond acceptors (Lipinski definition) is 6. The van der Waals surface area contributed by atoms with Gasteiger partial charge >= 0.3 is 5.69 Å². The van der Waals surface area contributed by atoms with Gasteiger partial charge in [-0.3, -0.25) is 13.9 Å². The smallest absolute Gasteiger partial charge is 0.328 e. The number of hydrogen-bond donors (Lipinski definition) is 1. The lowest BCUT2D eigenvalue weighted by molar-refractivity contribution is -0.121. The molecule has 1 N–H and O–H groups in total. The highest BCUT2D eigenvalue weighted by atomic mass is 32.1. The van der Waals surface area contributed by atoms with Crippen molar-refractivity contribution in [1.29, 1.82) is 0 Å². The number of anilines is 1. The minimum Gasteiger partial charge on any atom is -0.497 e. The second kappa shape index (κ2) is 9.13. The number of carbonyl (C=O) groups excluding carboxylic acids is 1. The third-order valence-corrected chi connectivity index (χ3v) is 7.79. The van der Waals surface area contributed by atoms with Gasteiger partial charge in [-0.2, -0.15) is 0 Å². The summed E-state index contributed by atoms with van der Waals surface area (Å²) in [5.41, 5.74) is 2.59.